The number of carbonyl (C=O) groups is 1. The quantitative estimate of drug-likeness (QED) is 0.872. The molecule has 21 heavy (non-hydrogen) atoms. The van der Waals surface area contributed by atoms with Gasteiger partial charge in [0, 0.05) is 23.5 Å². The molecular weight excluding hydrogens is 288 g/mol. The van der Waals surface area contributed by atoms with E-state index in [-0.39, 0.29) is 17.9 Å². The number of halogens is 1. The zero-order valence-electron chi connectivity index (χ0n) is 12.6. The summed E-state index contributed by atoms with van der Waals surface area (Å²) >= 11 is 5.98. The monoisotopic (exact) mass is 306 g/mol. The number of anilines is 1. The molecule has 2 aromatic rings. The molecule has 5 nitrogen and oxygen atoms in total. The van der Waals surface area contributed by atoms with Crippen LogP contribution < -0.4 is 5.32 Å². The van der Waals surface area contributed by atoms with Gasteiger partial charge in [0.25, 0.3) is 5.91 Å². The highest BCUT2D eigenvalue weighted by Gasteiger charge is 2.12. The maximum atomic E-state index is 12.3. The molecule has 0 spiro atoms. The van der Waals surface area contributed by atoms with E-state index in [0.717, 1.165) is 5.69 Å². The van der Waals surface area contributed by atoms with Crippen LogP contribution in [0.25, 0.3) is 0 Å². The highest BCUT2D eigenvalue weighted by atomic mass is 35.5. The molecule has 112 valence electrons. The first-order valence-corrected chi connectivity index (χ1v) is 7.27. The van der Waals surface area contributed by atoms with E-state index in [9.17, 15) is 4.79 Å². The minimum absolute atomic E-state index is 0.207. The maximum absolute atomic E-state index is 12.3. The van der Waals surface area contributed by atoms with Gasteiger partial charge in [-0.1, -0.05) is 25.4 Å². The Balaban J connectivity index is 2.19. The van der Waals surface area contributed by atoms with Crippen molar-refractivity contribution in [1.82, 2.24) is 14.8 Å². The molecule has 0 aliphatic heterocycles. The van der Waals surface area contributed by atoms with Crippen LogP contribution in [-0.2, 0) is 0 Å². The van der Waals surface area contributed by atoms with Crippen molar-refractivity contribution in [2.24, 2.45) is 0 Å². The Kier molecular flexibility index (Phi) is 4.63. The van der Waals surface area contributed by atoms with Gasteiger partial charge >= 0.3 is 0 Å². The lowest BCUT2D eigenvalue weighted by Crippen LogP contribution is -2.12. The van der Waals surface area contributed by atoms with Gasteiger partial charge in [0.2, 0.25) is 0 Å². The number of amides is 1. The zero-order valence-corrected chi connectivity index (χ0v) is 13.3. The smallest absolute Gasteiger partial charge is 0.255 e. The molecular formula is C15H19ClN4O. The Morgan fingerprint density at radius 3 is 2.57 bits per heavy atom. The van der Waals surface area contributed by atoms with Crippen molar-refractivity contribution in [2.75, 3.05) is 5.32 Å². The molecule has 0 fully saturated rings. The first kappa shape index (κ1) is 15.5. The SMILES string of the molecule is CC(C)c1cc(C(=O)Nc2cnn(C(C)C)c2)cc(Cl)n1. The fourth-order valence-electron chi connectivity index (χ4n) is 1.83. The molecule has 0 unspecified atom stereocenters. The van der Waals surface area contributed by atoms with Crippen molar-refractivity contribution in [3.63, 3.8) is 0 Å². The topological polar surface area (TPSA) is 59.8 Å². The Bertz CT molecular complexity index is 649. The Hall–Kier alpha value is -1.88. The number of carbonyl (C=O) groups excluding carboxylic acids is 1. The molecule has 0 saturated heterocycles. The average molecular weight is 307 g/mol. The average Bonchev–Trinajstić information content (AvgIpc) is 2.86. The lowest BCUT2D eigenvalue weighted by molar-refractivity contribution is 0.102. The van der Waals surface area contributed by atoms with Gasteiger partial charge in [0.1, 0.15) is 5.15 Å². The van der Waals surface area contributed by atoms with Crippen LogP contribution in [0, 0.1) is 0 Å². The van der Waals surface area contributed by atoms with Gasteiger partial charge < -0.3 is 5.32 Å². The van der Waals surface area contributed by atoms with Crippen LogP contribution >= 0.6 is 11.6 Å². The van der Waals surface area contributed by atoms with Crippen molar-refractivity contribution >= 4 is 23.2 Å². The molecule has 0 aliphatic carbocycles. The number of hydrogen-bond acceptors (Lipinski definition) is 3. The van der Waals surface area contributed by atoms with Crippen LogP contribution in [0.2, 0.25) is 5.15 Å². The second-order valence-electron chi connectivity index (χ2n) is 5.52. The second-order valence-corrected chi connectivity index (χ2v) is 5.90. The highest BCUT2D eigenvalue weighted by Crippen LogP contribution is 2.19. The van der Waals surface area contributed by atoms with E-state index >= 15 is 0 Å². The van der Waals surface area contributed by atoms with Gasteiger partial charge in [-0.2, -0.15) is 5.10 Å². The minimum atomic E-state index is -0.218. The molecule has 0 radical (unpaired) electrons. The largest absolute Gasteiger partial charge is 0.319 e. The fraction of sp³-hybridized carbons (Fsp3) is 0.400. The Morgan fingerprint density at radius 1 is 1.29 bits per heavy atom. The summed E-state index contributed by atoms with van der Waals surface area (Å²) in [7, 11) is 0. The van der Waals surface area contributed by atoms with E-state index in [0.29, 0.717) is 16.4 Å². The van der Waals surface area contributed by atoms with E-state index in [1.807, 2.05) is 27.7 Å². The highest BCUT2D eigenvalue weighted by molar-refractivity contribution is 6.29. The fourth-order valence-corrected chi connectivity index (χ4v) is 2.05. The number of aromatic nitrogens is 3. The second kappa shape index (κ2) is 6.26. The molecule has 0 atom stereocenters. The van der Waals surface area contributed by atoms with Crippen LogP contribution in [0.1, 0.15) is 55.7 Å². The number of rotatable bonds is 4. The summed E-state index contributed by atoms with van der Waals surface area (Å²) in [6.45, 7) is 8.06. The van der Waals surface area contributed by atoms with E-state index in [1.54, 1.807) is 29.2 Å². The van der Waals surface area contributed by atoms with Crippen molar-refractivity contribution in [2.45, 2.75) is 39.7 Å². The predicted molar refractivity (Wildman–Crippen MR) is 83.9 cm³/mol. The number of hydrogen-bond donors (Lipinski definition) is 1. The molecule has 2 aromatic heterocycles. The van der Waals surface area contributed by atoms with Gasteiger partial charge in [-0.25, -0.2) is 4.98 Å². The van der Waals surface area contributed by atoms with Crippen LogP contribution in [0.5, 0.6) is 0 Å². The van der Waals surface area contributed by atoms with E-state index in [4.69, 9.17) is 11.6 Å². The lowest BCUT2D eigenvalue weighted by Gasteiger charge is -2.08. The van der Waals surface area contributed by atoms with Crippen molar-refractivity contribution in [3.8, 4) is 0 Å². The first-order valence-electron chi connectivity index (χ1n) is 6.90. The molecule has 1 amide bonds. The van der Waals surface area contributed by atoms with Gasteiger partial charge in [-0.3, -0.25) is 9.48 Å². The van der Waals surface area contributed by atoms with Crippen LogP contribution in [-0.4, -0.2) is 20.7 Å². The van der Waals surface area contributed by atoms with Gasteiger partial charge in [-0.05, 0) is 31.9 Å². The third-order valence-corrected chi connectivity index (χ3v) is 3.25. The van der Waals surface area contributed by atoms with Crippen molar-refractivity contribution in [1.29, 1.82) is 0 Å². The van der Waals surface area contributed by atoms with Gasteiger partial charge in [0.05, 0.1) is 11.9 Å². The van der Waals surface area contributed by atoms with E-state index in [1.165, 1.54) is 0 Å². The first-order chi connectivity index (χ1) is 9.86. The number of nitrogens with one attached hydrogen (secondary N) is 1. The zero-order chi connectivity index (χ0) is 15.6. The molecule has 0 aromatic carbocycles. The minimum Gasteiger partial charge on any atom is -0.319 e. The van der Waals surface area contributed by atoms with Crippen molar-refractivity contribution < 1.29 is 4.79 Å². The number of nitrogens with zero attached hydrogens (tertiary/aromatic N) is 3. The molecule has 0 aliphatic rings. The molecule has 0 bridgehead atoms. The third kappa shape index (κ3) is 3.82. The Morgan fingerprint density at radius 2 is 2.00 bits per heavy atom. The van der Waals surface area contributed by atoms with Crippen molar-refractivity contribution in [3.05, 3.63) is 40.9 Å². The predicted octanol–water partition coefficient (Wildman–Crippen LogP) is 3.89. The summed E-state index contributed by atoms with van der Waals surface area (Å²) in [5.74, 6) is -0.0107. The van der Waals surface area contributed by atoms with E-state index in [2.05, 4.69) is 15.4 Å². The summed E-state index contributed by atoms with van der Waals surface area (Å²) in [5.41, 5.74) is 1.95. The molecule has 6 heteroatoms. The van der Waals surface area contributed by atoms with Gasteiger partial charge in [0.15, 0.2) is 0 Å². The molecule has 2 heterocycles. The molecule has 2 rings (SSSR count). The Labute approximate surface area is 129 Å². The summed E-state index contributed by atoms with van der Waals surface area (Å²) < 4.78 is 1.79. The van der Waals surface area contributed by atoms with Crippen LogP contribution in [0.3, 0.4) is 0 Å². The standard InChI is InChI=1S/C15H19ClN4O/c1-9(2)13-5-11(6-14(16)19-13)15(21)18-12-7-17-20(8-12)10(3)4/h5-10H,1-4H3,(H,18,21). The molecule has 1 N–H and O–H groups in total. The maximum Gasteiger partial charge on any atom is 0.255 e. The molecule has 0 saturated carbocycles. The normalized spacial score (nSPS) is 11.2. The third-order valence-electron chi connectivity index (χ3n) is 3.06. The summed E-state index contributed by atoms with van der Waals surface area (Å²) in [5, 5.41) is 7.33. The lowest BCUT2D eigenvalue weighted by atomic mass is 10.1. The number of pyridine rings is 1. The summed E-state index contributed by atoms with van der Waals surface area (Å²) in [6.07, 6.45) is 3.43. The van der Waals surface area contributed by atoms with Crippen LogP contribution in [0.15, 0.2) is 24.5 Å². The summed E-state index contributed by atoms with van der Waals surface area (Å²) in [4.78, 5) is 16.5. The van der Waals surface area contributed by atoms with E-state index < -0.39 is 0 Å². The summed E-state index contributed by atoms with van der Waals surface area (Å²) in [6, 6.07) is 3.58. The van der Waals surface area contributed by atoms with Gasteiger partial charge in [-0.15, -0.1) is 0 Å². The van der Waals surface area contributed by atoms with Crippen LogP contribution in [0.4, 0.5) is 5.69 Å².